The normalized spacial score (nSPS) is 12.2. The number of hydrogen-bond donors (Lipinski definition) is 2. The van der Waals surface area contributed by atoms with Crippen molar-refractivity contribution in [3.05, 3.63) is 59.7 Å². The molecule has 2 N–H and O–H groups in total. The molecule has 150 valence electrons. The van der Waals surface area contributed by atoms with Crippen molar-refractivity contribution in [1.29, 1.82) is 0 Å². The Morgan fingerprint density at radius 1 is 1.04 bits per heavy atom. The smallest absolute Gasteiger partial charge is 0.412 e. The average molecular weight is 390 g/mol. The molecule has 28 heavy (non-hydrogen) atoms. The van der Waals surface area contributed by atoms with Crippen molar-refractivity contribution in [2.45, 2.75) is 45.6 Å². The quantitative estimate of drug-likeness (QED) is 0.714. The molecule has 2 aromatic carbocycles. The molecule has 0 aliphatic carbocycles. The van der Waals surface area contributed by atoms with Crippen LogP contribution in [-0.2, 0) is 9.53 Å². The van der Waals surface area contributed by atoms with Gasteiger partial charge in [-0.15, -0.1) is 0 Å². The molecule has 2 aromatic rings. The lowest BCUT2D eigenvalue weighted by Gasteiger charge is -2.20. The van der Waals surface area contributed by atoms with Gasteiger partial charge in [-0.1, -0.05) is 19.1 Å². The first-order valence-corrected chi connectivity index (χ1v) is 8.88. The number of anilines is 2. The van der Waals surface area contributed by atoms with E-state index in [1.165, 1.54) is 24.3 Å². The second-order valence-corrected chi connectivity index (χ2v) is 7.53. The predicted octanol–water partition coefficient (Wildman–Crippen LogP) is 5.44. The largest absolute Gasteiger partial charge is 0.444 e. The highest BCUT2D eigenvalue weighted by Gasteiger charge is 2.18. The van der Waals surface area contributed by atoms with Crippen LogP contribution in [-0.4, -0.2) is 17.6 Å². The van der Waals surface area contributed by atoms with Crippen molar-refractivity contribution in [1.82, 2.24) is 0 Å². The molecule has 0 fully saturated rings. The number of amides is 2. The third kappa shape index (κ3) is 6.64. The molecule has 1 unspecified atom stereocenters. The highest BCUT2D eigenvalue weighted by Crippen LogP contribution is 2.23. The van der Waals surface area contributed by atoms with E-state index in [0.29, 0.717) is 5.69 Å². The number of ether oxygens (including phenoxy) is 1. The zero-order valence-corrected chi connectivity index (χ0v) is 16.3. The second-order valence-electron chi connectivity index (χ2n) is 7.53. The van der Waals surface area contributed by atoms with Crippen molar-refractivity contribution in [3.8, 4) is 0 Å². The molecule has 0 heterocycles. The Labute approximate surface area is 163 Å². The number of rotatable bonds is 5. The number of halogens is 2. The molecule has 0 radical (unpaired) electrons. The SMILES string of the molecule is CC(CC(=O)Nc1ccc(F)c(NC(=O)OC(C)(C)C)c1)c1ccc(F)cc1. The Morgan fingerprint density at radius 2 is 1.68 bits per heavy atom. The van der Waals surface area contributed by atoms with Crippen LogP contribution in [0.15, 0.2) is 42.5 Å². The van der Waals surface area contributed by atoms with Gasteiger partial charge in [-0.2, -0.15) is 0 Å². The summed E-state index contributed by atoms with van der Waals surface area (Å²) in [4.78, 5) is 24.1. The number of hydrogen-bond acceptors (Lipinski definition) is 3. The summed E-state index contributed by atoms with van der Waals surface area (Å²) < 4.78 is 32.1. The van der Waals surface area contributed by atoms with Gasteiger partial charge >= 0.3 is 6.09 Å². The van der Waals surface area contributed by atoms with E-state index in [2.05, 4.69) is 10.6 Å². The zero-order chi connectivity index (χ0) is 20.9. The van der Waals surface area contributed by atoms with Crippen LogP contribution in [0, 0.1) is 11.6 Å². The van der Waals surface area contributed by atoms with Gasteiger partial charge < -0.3 is 10.1 Å². The fourth-order valence-electron chi connectivity index (χ4n) is 2.51. The molecule has 0 aliphatic heterocycles. The summed E-state index contributed by atoms with van der Waals surface area (Å²) in [5.74, 6) is -1.40. The van der Waals surface area contributed by atoms with Crippen LogP contribution >= 0.6 is 0 Å². The molecule has 0 spiro atoms. The Kier molecular flexibility index (Phi) is 6.72. The molecule has 0 bridgehead atoms. The van der Waals surface area contributed by atoms with E-state index in [4.69, 9.17) is 4.74 Å². The maximum atomic E-state index is 14.0. The third-order valence-electron chi connectivity index (χ3n) is 3.82. The van der Waals surface area contributed by atoms with Crippen molar-refractivity contribution >= 4 is 23.4 Å². The molecule has 7 heteroatoms. The highest BCUT2D eigenvalue weighted by molar-refractivity contribution is 5.93. The number of carbonyl (C=O) groups is 2. The van der Waals surface area contributed by atoms with Crippen molar-refractivity contribution in [2.75, 3.05) is 10.6 Å². The van der Waals surface area contributed by atoms with Crippen LogP contribution in [0.5, 0.6) is 0 Å². The first-order valence-electron chi connectivity index (χ1n) is 8.88. The highest BCUT2D eigenvalue weighted by atomic mass is 19.1. The predicted molar refractivity (Wildman–Crippen MR) is 104 cm³/mol. The summed E-state index contributed by atoms with van der Waals surface area (Å²) in [7, 11) is 0. The van der Waals surface area contributed by atoms with E-state index in [1.807, 2.05) is 6.92 Å². The van der Waals surface area contributed by atoms with Crippen molar-refractivity contribution in [2.24, 2.45) is 0 Å². The Balaban J connectivity index is 2.00. The van der Waals surface area contributed by atoms with E-state index >= 15 is 0 Å². The van der Waals surface area contributed by atoms with Crippen molar-refractivity contribution in [3.63, 3.8) is 0 Å². The molecular weight excluding hydrogens is 366 g/mol. The minimum absolute atomic E-state index is 0.0985. The number of carbonyl (C=O) groups excluding carboxylic acids is 2. The summed E-state index contributed by atoms with van der Waals surface area (Å²) in [6, 6.07) is 9.82. The van der Waals surface area contributed by atoms with E-state index in [-0.39, 0.29) is 29.8 Å². The van der Waals surface area contributed by atoms with Crippen LogP contribution in [0.1, 0.15) is 45.6 Å². The first-order chi connectivity index (χ1) is 13.0. The van der Waals surface area contributed by atoms with Crippen LogP contribution < -0.4 is 10.6 Å². The van der Waals surface area contributed by atoms with Gasteiger partial charge in [-0.05, 0) is 62.6 Å². The van der Waals surface area contributed by atoms with Gasteiger partial charge in [0.2, 0.25) is 5.91 Å². The third-order valence-corrected chi connectivity index (χ3v) is 3.82. The monoisotopic (exact) mass is 390 g/mol. The van der Waals surface area contributed by atoms with Crippen molar-refractivity contribution < 1.29 is 23.1 Å². The number of benzene rings is 2. The molecule has 0 aliphatic rings. The van der Waals surface area contributed by atoms with E-state index in [1.54, 1.807) is 32.9 Å². The fraction of sp³-hybridized carbons (Fsp3) is 0.333. The van der Waals surface area contributed by atoms with E-state index < -0.39 is 17.5 Å². The Bertz CT molecular complexity index is 846. The minimum Gasteiger partial charge on any atom is -0.444 e. The van der Waals surface area contributed by atoms with E-state index in [0.717, 1.165) is 11.6 Å². The van der Waals surface area contributed by atoms with Gasteiger partial charge in [-0.3, -0.25) is 10.1 Å². The topological polar surface area (TPSA) is 67.4 Å². The molecule has 1 atom stereocenters. The summed E-state index contributed by atoms with van der Waals surface area (Å²) in [5.41, 5.74) is 0.355. The minimum atomic E-state index is -0.792. The molecule has 2 rings (SSSR count). The maximum Gasteiger partial charge on any atom is 0.412 e. The Hall–Kier alpha value is -2.96. The molecular formula is C21H24F2N2O3. The van der Waals surface area contributed by atoms with Crippen LogP contribution in [0.3, 0.4) is 0 Å². The van der Waals surface area contributed by atoms with Gasteiger partial charge in [0.25, 0.3) is 0 Å². The first kappa shape index (κ1) is 21.3. The van der Waals surface area contributed by atoms with Gasteiger partial charge in [0, 0.05) is 12.1 Å². The van der Waals surface area contributed by atoms with Gasteiger partial charge in [0.1, 0.15) is 17.2 Å². The number of nitrogens with one attached hydrogen (secondary N) is 2. The summed E-state index contributed by atoms with van der Waals surface area (Å²) in [6.07, 6.45) is -0.627. The molecule has 2 amide bonds. The summed E-state index contributed by atoms with van der Waals surface area (Å²) >= 11 is 0. The van der Waals surface area contributed by atoms with Gasteiger partial charge in [-0.25, -0.2) is 13.6 Å². The van der Waals surface area contributed by atoms with Gasteiger partial charge in [0.15, 0.2) is 0 Å². The second kappa shape index (κ2) is 8.82. The summed E-state index contributed by atoms with van der Waals surface area (Å²) in [5, 5.41) is 5.00. The van der Waals surface area contributed by atoms with Crippen LogP contribution in [0.2, 0.25) is 0 Å². The van der Waals surface area contributed by atoms with Crippen LogP contribution in [0.25, 0.3) is 0 Å². The van der Waals surface area contributed by atoms with E-state index in [9.17, 15) is 18.4 Å². The lowest BCUT2D eigenvalue weighted by atomic mass is 9.97. The van der Waals surface area contributed by atoms with Crippen LogP contribution in [0.4, 0.5) is 25.0 Å². The van der Waals surface area contributed by atoms with Gasteiger partial charge in [0.05, 0.1) is 5.69 Å². The lowest BCUT2D eigenvalue weighted by molar-refractivity contribution is -0.116. The lowest BCUT2D eigenvalue weighted by Crippen LogP contribution is -2.27. The zero-order valence-electron chi connectivity index (χ0n) is 16.3. The fourth-order valence-corrected chi connectivity index (χ4v) is 2.51. The standard InChI is InChI=1S/C21H24F2N2O3/c1-13(14-5-7-15(22)8-6-14)11-19(26)24-16-9-10-17(23)18(12-16)25-20(27)28-21(2,3)4/h5-10,12-13H,11H2,1-4H3,(H,24,26)(H,25,27). The maximum absolute atomic E-state index is 14.0. The summed E-state index contributed by atoms with van der Waals surface area (Å²) in [6.45, 7) is 6.94. The average Bonchev–Trinajstić information content (AvgIpc) is 2.56. The molecule has 0 saturated heterocycles. The molecule has 5 nitrogen and oxygen atoms in total. The Morgan fingerprint density at radius 3 is 2.29 bits per heavy atom. The molecule has 0 aromatic heterocycles. The molecule has 0 saturated carbocycles.